The van der Waals surface area contributed by atoms with E-state index in [0.29, 0.717) is 47.9 Å². The lowest BCUT2D eigenvalue weighted by Gasteiger charge is -2.33. The first-order valence-corrected chi connectivity index (χ1v) is 12.7. The predicted molar refractivity (Wildman–Crippen MR) is 139 cm³/mol. The smallest absolute Gasteiger partial charge is 0.374 e. The summed E-state index contributed by atoms with van der Waals surface area (Å²) < 4.78 is 12.3. The average Bonchev–Trinajstić information content (AvgIpc) is 3.62. The molecule has 0 unspecified atom stereocenters. The van der Waals surface area contributed by atoms with Crippen molar-refractivity contribution < 1.29 is 19.1 Å². The fourth-order valence-electron chi connectivity index (χ4n) is 5.30. The lowest BCUT2D eigenvalue weighted by Crippen LogP contribution is -2.50. The molecule has 4 heterocycles. The molecule has 0 bridgehead atoms. The van der Waals surface area contributed by atoms with E-state index in [-0.39, 0.29) is 24.3 Å². The number of aromatic nitrogens is 2. The second kappa shape index (κ2) is 9.23. The molecule has 3 aromatic rings. The third kappa shape index (κ3) is 3.94. The van der Waals surface area contributed by atoms with Crippen molar-refractivity contribution in [2.45, 2.75) is 32.4 Å². The van der Waals surface area contributed by atoms with Crippen LogP contribution in [0.25, 0.3) is 0 Å². The van der Waals surface area contributed by atoms with Crippen LogP contribution in [0.4, 0.5) is 5.82 Å². The first kappa shape index (κ1) is 23.5. The van der Waals surface area contributed by atoms with Crippen LogP contribution in [0.3, 0.4) is 0 Å². The number of anilines is 1. The molecule has 1 aromatic heterocycles. The quantitative estimate of drug-likeness (QED) is 0.463. The van der Waals surface area contributed by atoms with Gasteiger partial charge in [-0.3, -0.25) is 14.6 Å². The number of hydrogen-bond donors (Lipinski definition) is 0. The Morgan fingerprint density at radius 1 is 1.22 bits per heavy atom. The molecule has 2 aromatic carbocycles. The summed E-state index contributed by atoms with van der Waals surface area (Å²) in [6.07, 6.45) is 1.50. The minimum atomic E-state index is -0.612. The van der Waals surface area contributed by atoms with Crippen LogP contribution in [0.5, 0.6) is 5.75 Å². The van der Waals surface area contributed by atoms with Crippen LogP contribution in [-0.2, 0) is 24.1 Å². The van der Waals surface area contributed by atoms with E-state index in [2.05, 4.69) is 17.1 Å². The summed E-state index contributed by atoms with van der Waals surface area (Å²) in [5, 5.41) is 0.512. The molecule has 0 saturated heterocycles. The maximum absolute atomic E-state index is 13.8. The Balaban J connectivity index is 1.42. The fraction of sp³-hybridized carbons (Fsp3) is 0.333. The molecular weight excluding hydrogens is 494 g/mol. The number of carbonyl (C=O) groups excluding carboxylic acids is 2. The van der Waals surface area contributed by atoms with Gasteiger partial charge in [0.15, 0.2) is 11.5 Å². The van der Waals surface area contributed by atoms with Crippen LogP contribution in [-0.4, -0.2) is 65.1 Å². The first-order chi connectivity index (χ1) is 18.0. The van der Waals surface area contributed by atoms with E-state index < -0.39 is 5.97 Å². The van der Waals surface area contributed by atoms with Gasteiger partial charge in [-0.2, -0.15) is 0 Å². The Morgan fingerprint density at radius 3 is 2.78 bits per heavy atom. The van der Waals surface area contributed by atoms with Gasteiger partial charge in [0.1, 0.15) is 5.75 Å². The monoisotopic (exact) mass is 519 g/mol. The van der Waals surface area contributed by atoms with E-state index in [1.165, 1.54) is 12.7 Å². The van der Waals surface area contributed by atoms with Crippen LogP contribution in [0, 0.1) is 0 Å². The maximum Gasteiger partial charge on any atom is 0.374 e. The number of carbonyl (C=O) groups is 2. The van der Waals surface area contributed by atoms with Gasteiger partial charge in [0, 0.05) is 13.0 Å². The Bertz CT molecular complexity index is 1430. The average molecular weight is 520 g/mol. The van der Waals surface area contributed by atoms with Crippen LogP contribution < -0.4 is 9.64 Å². The topological polar surface area (TPSA) is 89.3 Å². The Labute approximate surface area is 219 Å². The van der Waals surface area contributed by atoms with E-state index >= 15 is 0 Å². The van der Waals surface area contributed by atoms with Crippen molar-refractivity contribution in [2.75, 3.05) is 31.7 Å². The zero-order valence-corrected chi connectivity index (χ0v) is 21.4. The number of nitrogens with zero attached hydrogens (tertiary/aromatic N) is 5. The van der Waals surface area contributed by atoms with Gasteiger partial charge >= 0.3 is 5.97 Å². The predicted octanol–water partition coefficient (Wildman–Crippen LogP) is 3.57. The highest BCUT2D eigenvalue weighted by molar-refractivity contribution is 6.32. The van der Waals surface area contributed by atoms with Gasteiger partial charge in [-0.15, -0.1) is 0 Å². The zero-order chi connectivity index (χ0) is 25.7. The molecule has 190 valence electrons. The van der Waals surface area contributed by atoms with E-state index in [9.17, 15) is 9.59 Å². The lowest BCUT2D eigenvalue weighted by molar-refractivity contribution is 0.0581. The third-order valence-electron chi connectivity index (χ3n) is 6.96. The Kier molecular flexibility index (Phi) is 5.87. The lowest BCUT2D eigenvalue weighted by atomic mass is 10.1. The summed E-state index contributed by atoms with van der Waals surface area (Å²) in [6, 6.07) is 13.9. The van der Waals surface area contributed by atoms with E-state index in [4.69, 9.17) is 26.1 Å². The van der Waals surface area contributed by atoms with Crippen molar-refractivity contribution in [3.63, 3.8) is 0 Å². The molecule has 0 N–H and O–H groups in total. The summed E-state index contributed by atoms with van der Waals surface area (Å²) in [4.78, 5) is 39.8. The number of hydrogen-bond acceptors (Lipinski definition) is 7. The number of amides is 1. The molecule has 0 spiro atoms. The number of fused-ring (bicyclic) bond motifs is 4. The number of ether oxygens (including phenoxy) is 2. The SMILES string of the molecule is CCN1C(=O)c2c(nc(C(=O)OC)n2Cc2cc(Cl)c3c(c2)CCO3)N2C[C@@H](Cc3ccccc3)N=C12. The van der Waals surface area contributed by atoms with Crippen LogP contribution in [0.1, 0.15) is 44.7 Å². The van der Waals surface area contributed by atoms with E-state index in [1.807, 2.05) is 42.2 Å². The highest BCUT2D eigenvalue weighted by Crippen LogP contribution is 2.37. The third-order valence-corrected chi connectivity index (χ3v) is 7.24. The molecule has 0 radical (unpaired) electrons. The number of benzene rings is 2. The molecule has 0 saturated carbocycles. The number of imidazole rings is 1. The Morgan fingerprint density at radius 2 is 2.03 bits per heavy atom. The van der Waals surface area contributed by atoms with Gasteiger partial charge in [0.25, 0.3) is 5.91 Å². The largest absolute Gasteiger partial charge is 0.491 e. The summed E-state index contributed by atoms with van der Waals surface area (Å²) in [5.41, 5.74) is 3.37. The van der Waals surface area contributed by atoms with Gasteiger partial charge in [-0.1, -0.05) is 48.0 Å². The number of methoxy groups -OCH3 is 1. The molecule has 6 rings (SSSR count). The molecule has 0 aliphatic carbocycles. The minimum Gasteiger partial charge on any atom is -0.491 e. The maximum atomic E-state index is 13.8. The number of halogens is 1. The molecule has 1 atom stereocenters. The highest BCUT2D eigenvalue weighted by atomic mass is 35.5. The molecule has 3 aliphatic heterocycles. The van der Waals surface area contributed by atoms with Crippen LogP contribution in [0.2, 0.25) is 5.02 Å². The number of guanidine groups is 1. The number of aliphatic imine (C=N–C) groups is 1. The normalized spacial score (nSPS) is 17.8. The number of rotatable bonds is 6. The standard InChI is InChI=1S/C27H26ClN5O4/c1-3-31-25(34)21-23(33-15-19(29-27(31)33)12-16-7-5-4-6-8-16)30-24(26(35)36-2)32(21)14-17-11-18-9-10-37-22(18)20(28)13-17/h4-8,11,13,19H,3,9-10,12,14-15H2,1-2H3/t19-/m1/s1. The Hall–Kier alpha value is -3.85. The summed E-state index contributed by atoms with van der Waals surface area (Å²) in [6.45, 7) is 3.72. The second-order valence-corrected chi connectivity index (χ2v) is 9.69. The van der Waals surface area contributed by atoms with Crippen molar-refractivity contribution in [2.24, 2.45) is 4.99 Å². The van der Waals surface area contributed by atoms with Crippen molar-refractivity contribution in [1.82, 2.24) is 14.5 Å². The molecule has 3 aliphatic rings. The highest BCUT2D eigenvalue weighted by Gasteiger charge is 2.44. The first-order valence-electron chi connectivity index (χ1n) is 12.3. The van der Waals surface area contributed by atoms with Gasteiger partial charge in [0.2, 0.25) is 11.8 Å². The van der Waals surface area contributed by atoms with Gasteiger partial charge in [-0.25, -0.2) is 14.8 Å². The van der Waals surface area contributed by atoms with Crippen molar-refractivity contribution in [3.8, 4) is 5.75 Å². The second-order valence-electron chi connectivity index (χ2n) is 9.28. The fourth-order valence-corrected chi connectivity index (χ4v) is 5.62. The van der Waals surface area contributed by atoms with E-state index in [0.717, 1.165) is 24.0 Å². The van der Waals surface area contributed by atoms with Crippen LogP contribution in [0.15, 0.2) is 47.5 Å². The molecular formula is C27H26ClN5O4. The van der Waals surface area contributed by atoms with Crippen molar-refractivity contribution >= 4 is 35.3 Å². The molecule has 9 nitrogen and oxygen atoms in total. The summed E-state index contributed by atoms with van der Waals surface area (Å²) >= 11 is 6.48. The van der Waals surface area contributed by atoms with Crippen molar-refractivity contribution in [3.05, 3.63) is 75.7 Å². The number of esters is 1. The summed E-state index contributed by atoms with van der Waals surface area (Å²) in [7, 11) is 1.31. The summed E-state index contributed by atoms with van der Waals surface area (Å²) in [5.74, 6) is 0.907. The molecule has 37 heavy (non-hydrogen) atoms. The van der Waals surface area contributed by atoms with Gasteiger partial charge < -0.3 is 14.0 Å². The zero-order valence-electron chi connectivity index (χ0n) is 20.6. The molecule has 10 heteroatoms. The minimum absolute atomic E-state index is 0.0487. The van der Waals surface area contributed by atoms with Gasteiger partial charge in [-0.05, 0) is 36.1 Å². The molecule has 1 amide bonds. The van der Waals surface area contributed by atoms with Gasteiger partial charge in [0.05, 0.1) is 37.9 Å². The van der Waals surface area contributed by atoms with E-state index in [1.54, 1.807) is 9.47 Å². The molecule has 0 fully saturated rings. The van der Waals surface area contributed by atoms with Crippen LogP contribution >= 0.6 is 11.6 Å². The van der Waals surface area contributed by atoms with Crippen molar-refractivity contribution in [1.29, 1.82) is 0 Å².